The van der Waals surface area contributed by atoms with Gasteiger partial charge in [0.05, 0.1) is 5.54 Å². The Morgan fingerprint density at radius 3 is 2.82 bits per heavy atom. The zero-order valence-electron chi connectivity index (χ0n) is 16.2. The van der Waals surface area contributed by atoms with Gasteiger partial charge in [0.1, 0.15) is 18.5 Å². The molecule has 2 fully saturated rings. The lowest BCUT2D eigenvalue weighted by molar-refractivity contribution is -0.134. The van der Waals surface area contributed by atoms with E-state index in [-0.39, 0.29) is 12.1 Å². The maximum absolute atomic E-state index is 13.3. The fourth-order valence-electron chi connectivity index (χ4n) is 4.39. The predicted molar refractivity (Wildman–Crippen MR) is 109 cm³/mol. The zero-order valence-corrected chi connectivity index (χ0v) is 16.9. The Labute approximate surface area is 171 Å². The molecule has 1 aromatic heterocycles. The van der Waals surface area contributed by atoms with E-state index in [1.807, 2.05) is 42.2 Å². The van der Waals surface area contributed by atoms with Gasteiger partial charge in [-0.2, -0.15) is 0 Å². The van der Waals surface area contributed by atoms with Crippen LogP contribution in [0.2, 0.25) is 5.02 Å². The summed E-state index contributed by atoms with van der Waals surface area (Å²) in [5.41, 5.74) is 1.46. The SMILES string of the molecule is CCN1C(=O)C2(CCCCC2)NC1c1cc(Cl)ccc1OCc1cccnc1. The quantitative estimate of drug-likeness (QED) is 0.806. The van der Waals surface area contributed by atoms with Crippen molar-refractivity contribution in [2.75, 3.05) is 6.54 Å². The van der Waals surface area contributed by atoms with E-state index in [2.05, 4.69) is 10.3 Å². The molecule has 2 aromatic rings. The van der Waals surface area contributed by atoms with Crippen molar-refractivity contribution in [1.82, 2.24) is 15.2 Å². The number of benzene rings is 1. The highest BCUT2D eigenvalue weighted by Crippen LogP contribution is 2.42. The number of nitrogens with one attached hydrogen (secondary N) is 1. The Balaban J connectivity index is 1.63. The first-order valence-electron chi connectivity index (χ1n) is 10.0. The van der Waals surface area contributed by atoms with Crippen LogP contribution in [0.25, 0.3) is 0 Å². The number of amides is 1. The van der Waals surface area contributed by atoms with E-state index < -0.39 is 5.54 Å². The summed E-state index contributed by atoms with van der Waals surface area (Å²) in [5.74, 6) is 0.947. The van der Waals surface area contributed by atoms with Crippen molar-refractivity contribution < 1.29 is 9.53 Å². The third-order valence-corrected chi connectivity index (χ3v) is 6.06. The Morgan fingerprint density at radius 2 is 2.11 bits per heavy atom. The minimum absolute atomic E-state index is 0.206. The molecule has 2 heterocycles. The Morgan fingerprint density at radius 1 is 1.29 bits per heavy atom. The maximum atomic E-state index is 13.3. The normalized spacial score (nSPS) is 21.3. The van der Waals surface area contributed by atoms with Gasteiger partial charge in [-0.3, -0.25) is 15.1 Å². The fraction of sp³-hybridized carbons (Fsp3) is 0.455. The van der Waals surface area contributed by atoms with Crippen molar-refractivity contribution in [3.8, 4) is 5.75 Å². The van der Waals surface area contributed by atoms with Crippen LogP contribution in [0.3, 0.4) is 0 Å². The van der Waals surface area contributed by atoms with Gasteiger partial charge in [-0.05, 0) is 44.0 Å². The lowest BCUT2D eigenvalue weighted by Gasteiger charge is -2.31. The van der Waals surface area contributed by atoms with Crippen molar-refractivity contribution >= 4 is 17.5 Å². The summed E-state index contributed by atoms with van der Waals surface area (Å²) in [6, 6.07) is 9.50. The highest BCUT2D eigenvalue weighted by Gasteiger charge is 2.51. The van der Waals surface area contributed by atoms with Gasteiger partial charge in [-0.25, -0.2) is 0 Å². The van der Waals surface area contributed by atoms with Crippen molar-refractivity contribution in [1.29, 1.82) is 0 Å². The Kier molecular flexibility index (Phi) is 5.56. The van der Waals surface area contributed by atoms with Crippen LogP contribution in [0.15, 0.2) is 42.7 Å². The summed E-state index contributed by atoms with van der Waals surface area (Å²) in [6.07, 6.45) is 8.47. The van der Waals surface area contributed by atoms with Crippen LogP contribution in [0, 0.1) is 0 Å². The van der Waals surface area contributed by atoms with Crippen LogP contribution >= 0.6 is 11.6 Å². The number of aromatic nitrogens is 1. The molecule has 1 unspecified atom stereocenters. The number of rotatable bonds is 5. The number of halogens is 1. The molecule has 1 saturated heterocycles. The number of hydrogen-bond donors (Lipinski definition) is 1. The fourth-order valence-corrected chi connectivity index (χ4v) is 4.57. The number of carbonyl (C=O) groups is 1. The van der Waals surface area contributed by atoms with Gasteiger partial charge in [-0.1, -0.05) is 36.9 Å². The minimum Gasteiger partial charge on any atom is -0.488 e. The summed E-state index contributed by atoms with van der Waals surface area (Å²) in [6.45, 7) is 3.09. The van der Waals surface area contributed by atoms with Gasteiger partial charge >= 0.3 is 0 Å². The molecule has 6 heteroatoms. The average Bonchev–Trinajstić information content (AvgIpc) is 2.99. The molecule has 4 rings (SSSR count). The van der Waals surface area contributed by atoms with Crippen LogP contribution in [0.5, 0.6) is 5.75 Å². The molecule has 148 valence electrons. The summed E-state index contributed by atoms with van der Waals surface area (Å²) >= 11 is 6.32. The summed E-state index contributed by atoms with van der Waals surface area (Å²) < 4.78 is 6.12. The Hall–Kier alpha value is -2.11. The van der Waals surface area contributed by atoms with Crippen LogP contribution in [0.4, 0.5) is 0 Å². The molecule has 28 heavy (non-hydrogen) atoms. The first-order valence-corrected chi connectivity index (χ1v) is 10.4. The summed E-state index contributed by atoms with van der Waals surface area (Å²) in [7, 11) is 0. The van der Waals surface area contributed by atoms with E-state index in [1.165, 1.54) is 6.42 Å². The maximum Gasteiger partial charge on any atom is 0.244 e. The van der Waals surface area contributed by atoms with Crippen molar-refractivity contribution in [3.63, 3.8) is 0 Å². The molecule has 1 aromatic carbocycles. The first kappa shape index (κ1) is 19.2. The molecular formula is C22H26ClN3O2. The molecule has 1 saturated carbocycles. The smallest absolute Gasteiger partial charge is 0.244 e. The van der Waals surface area contributed by atoms with Gasteiger partial charge < -0.3 is 9.64 Å². The van der Waals surface area contributed by atoms with Crippen LogP contribution in [-0.2, 0) is 11.4 Å². The molecule has 1 atom stereocenters. The van der Waals surface area contributed by atoms with E-state index in [0.717, 1.165) is 42.6 Å². The van der Waals surface area contributed by atoms with Crippen molar-refractivity contribution in [2.24, 2.45) is 0 Å². The molecule has 2 aliphatic rings. The molecule has 0 bridgehead atoms. The number of likely N-dealkylation sites (N-methyl/N-ethyl adjacent to an activating group) is 1. The Bertz CT molecular complexity index is 837. The van der Waals surface area contributed by atoms with Gasteiger partial charge in [0.15, 0.2) is 0 Å². The van der Waals surface area contributed by atoms with Crippen LogP contribution in [0.1, 0.15) is 56.3 Å². The third kappa shape index (κ3) is 3.61. The van der Waals surface area contributed by atoms with E-state index in [1.54, 1.807) is 12.4 Å². The van der Waals surface area contributed by atoms with E-state index in [0.29, 0.717) is 18.2 Å². The highest BCUT2D eigenvalue weighted by molar-refractivity contribution is 6.30. The van der Waals surface area contributed by atoms with E-state index >= 15 is 0 Å². The zero-order chi connectivity index (χ0) is 19.6. The van der Waals surface area contributed by atoms with Gasteiger partial charge in [0, 0.05) is 35.1 Å². The minimum atomic E-state index is -0.443. The van der Waals surface area contributed by atoms with Gasteiger partial charge in [0.25, 0.3) is 0 Å². The second-order valence-corrected chi connectivity index (χ2v) is 8.05. The number of ether oxygens (including phenoxy) is 1. The molecule has 1 amide bonds. The standard InChI is InChI=1S/C22H26ClN3O2/c1-2-26-20(25-22(21(26)27)10-4-3-5-11-22)18-13-17(23)8-9-19(18)28-15-16-7-6-12-24-14-16/h6-9,12-14,20,25H,2-5,10-11,15H2,1H3. The number of carbonyl (C=O) groups excluding carboxylic acids is 1. The molecule has 0 radical (unpaired) electrons. The topological polar surface area (TPSA) is 54.5 Å². The van der Waals surface area contributed by atoms with Gasteiger partial charge in [-0.15, -0.1) is 0 Å². The monoisotopic (exact) mass is 399 g/mol. The van der Waals surface area contributed by atoms with Crippen molar-refractivity contribution in [2.45, 2.75) is 57.3 Å². The van der Waals surface area contributed by atoms with Crippen LogP contribution < -0.4 is 10.1 Å². The number of hydrogen-bond acceptors (Lipinski definition) is 4. The number of pyridine rings is 1. The molecular weight excluding hydrogens is 374 g/mol. The molecule has 1 N–H and O–H groups in total. The van der Waals surface area contributed by atoms with Gasteiger partial charge in [0.2, 0.25) is 5.91 Å². The second-order valence-electron chi connectivity index (χ2n) is 7.61. The lowest BCUT2D eigenvalue weighted by Crippen LogP contribution is -2.48. The summed E-state index contributed by atoms with van der Waals surface area (Å²) in [4.78, 5) is 19.3. The van der Waals surface area contributed by atoms with Crippen LogP contribution in [-0.4, -0.2) is 27.9 Å². The first-order chi connectivity index (χ1) is 13.6. The molecule has 1 spiro atoms. The number of nitrogens with zero attached hydrogens (tertiary/aromatic N) is 2. The summed E-state index contributed by atoms with van der Waals surface area (Å²) in [5, 5.41) is 4.30. The van der Waals surface area contributed by atoms with Crippen molar-refractivity contribution in [3.05, 3.63) is 58.9 Å². The largest absolute Gasteiger partial charge is 0.488 e. The third-order valence-electron chi connectivity index (χ3n) is 5.83. The molecule has 1 aliphatic heterocycles. The molecule has 1 aliphatic carbocycles. The molecule has 5 nitrogen and oxygen atoms in total. The van der Waals surface area contributed by atoms with E-state index in [9.17, 15) is 4.79 Å². The highest BCUT2D eigenvalue weighted by atomic mass is 35.5. The van der Waals surface area contributed by atoms with E-state index in [4.69, 9.17) is 16.3 Å². The second kappa shape index (κ2) is 8.10. The average molecular weight is 400 g/mol. The lowest BCUT2D eigenvalue weighted by atomic mass is 9.81. The predicted octanol–water partition coefficient (Wildman–Crippen LogP) is 4.47.